The highest BCUT2D eigenvalue weighted by molar-refractivity contribution is 5.38. The molecule has 0 aliphatic heterocycles. The minimum absolute atomic E-state index is 0.0677. The molecule has 2 rings (SSSR count). The summed E-state index contributed by atoms with van der Waals surface area (Å²) >= 11 is 0. The van der Waals surface area contributed by atoms with Crippen LogP contribution in [0, 0.1) is 6.92 Å². The van der Waals surface area contributed by atoms with E-state index in [1.807, 2.05) is 0 Å². The van der Waals surface area contributed by atoms with Crippen LogP contribution in [0.5, 0.6) is 0 Å². The third-order valence-corrected chi connectivity index (χ3v) is 2.68. The Morgan fingerprint density at radius 3 is 2.50 bits per heavy atom. The molecule has 5 heteroatoms. The molecular formula is C11H12F3NO. The van der Waals surface area contributed by atoms with Gasteiger partial charge in [0.05, 0.1) is 17.9 Å². The summed E-state index contributed by atoms with van der Waals surface area (Å²) in [6.45, 7) is 1.04. The second-order valence-corrected chi connectivity index (χ2v) is 4.11. The molecule has 88 valence electrons. The maximum absolute atomic E-state index is 12.9. The Morgan fingerprint density at radius 1 is 1.44 bits per heavy atom. The van der Waals surface area contributed by atoms with Gasteiger partial charge in [-0.3, -0.25) is 4.98 Å². The molecule has 2 nitrogen and oxygen atoms in total. The van der Waals surface area contributed by atoms with Gasteiger partial charge >= 0.3 is 6.18 Å². The van der Waals surface area contributed by atoms with E-state index in [0.717, 1.165) is 12.8 Å². The summed E-state index contributed by atoms with van der Waals surface area (Å²) in [7, 11) is 0. The number of aliphatic hydroxyl groups excluding tert-OH is 1. The summed E-state index contributed by atoms with van der Waals surface area (Å²) < 4.78 is 38.6. The van der Waals surface area contributed by atoms with Gasteiger partial charge in [0, 0.05) is 11.6 Å². The normalized spacial score (nSPS) is 16.6. The lowest BCUT2D eigenvalue weighted by Crippen LogP contribution is -2.15. The first-order valence-electron chi connectivity index (χ1n) is 5.12. The van der Waals surface area contributed by atoms with Crippen LogP contribution in [0.4, 0.5) is 13.2 Å². The topological polar surface area (TPSA) is 33.1 Å². The first-order valence-corrected chi connectivity index (χ1v) is 5.12. The Hall–Kier alpha value is -1.10. The van der Waals surface area contributed by atoms with Crippen molar-refractivity contribution in [3.8, 4) is 0 Å². The zero-order valence-electron chi connectivity index (χ0n) is 8.80. The number of alkyl halides is 3. The molecule has 1 aromatic heterocycles. The molecular weight excluding hydrogens is 219 g/mol. The quantitative estimate of drug-likeness (QED) is 0.849. The third-order valence-electron chi connectivity index (χ3n) is 2.68. The first kappa shape index (κ1) is 11.4. The Balaban J connectivity index is 2.60. The average Bonchev–Trinajstić information content (AvgIpc) is 2.97. The molecule has 1 saturated carbocycles. The lowest BCUT2D eigenvalue weighted by molar-refractivity contribution is -0.139. The van der Waals surface area contributed by atoms with Crippen molar-refractivity contribution in [1.29, 1.82) is 0 Å². The van der Waals surface area contributed by atoms with Gasteiger partial charge in [-0.1, -0.05) is 0 Å². The van der Waals surface area contributed by atoms with Gasteiger partial charge in [0.25, 0.3) is 0 Å². The van der Waals surface area contributed by atoms with Crippen molar-refractivity contribution in [3.63, 3.8) is 0 Å². The Labute approximate surface area is 91.1 Å². The molecule has 0 radical (unpaired) electrons. The molecule has 1 N–H and O–H groups in total. The van der Waals surface area contributed by atoms with Crippen molar-refractivity contribution in [2.75, 3.05) is 0 Å². The molecule has 0 aromatic carbocycles. The molecule has 1 aliphatic rings. The summed E-state index contributed by atoms with van der Waals surface area (Å²) in [5.74, 6) is -0.0816. The number of aliphatic hydroxyl groups is 1. The Bertz CT molecular complexity index is 410. The van der Waals surface area contributed by atoms with E-state index in [9.17, 15) is 13.2 Å². The van der Waals surface area contributed by atoms with Gasteiger partial charge < -0.3 is 5.11 Å². The van der Waals surface area contributed by atoms with Crippen molar-refractivity contribution in [3.05, 3.63) is 28.6 Å². The van der Waals surface area contributed by atoms with E-state index in [2.05, 4.69) is 4.98 Å². The highest BCUT2D eigenvalue weighted by Crippen LogP contribution is 2.46. The summed E-state index contributed by atoms with van der Waals surface area (Å²) in [4.78, 5) is 3.98. The number of hydrogen-bond acceptors (Lipinski definition) is 2. The fraction of sp³-hybridized carbons (Fsp3) is 0.545. The van der Waals surface area contributed by atoms with Crippen LogP contribution < -0.4 is 0 Å². The van der Waals surface area contributed by atoms with Gasteiger partial charge in [-0.2, -0.15) is 13.2 Å². The first-order chi connectivity index (χ1) is 7.43. The highest BCUT2D eigenvalue weighted by Gasteiger charge is 2.41. The number of nitrogens with zero attached hydrogens (tertiary/aromatic N) is 1. The number of hydrogen-bond donors (Lipinski definition) is 1. The molecule has 0 atom stereocenters. The van der Waals surface area contributed by atoms with E-state index in [1.165, 1.54) is 6.07 Å². The summed E-state index contributed by atoms with van der Waals surface area (Å²) in [6, 6.07) is 1.30. The van der Waals surface area contributed by atoms with Crippen LogP contribution in [0.1, 0.15) is 41.3 Å². The van der Waals surface area contributed by atoms with Gasteiger partial charge in [-0.25, -0.2) is 0 Å². The number of rotatable bonds is 2. The van der Waals surface area contributed by atoms with Gasteiger partial charge in [-0.15, -0.1) is 0 Å². The van der Waals surface area contributed by atoms with Crippen LogP contribution in [0.25, 0.3) is 0 Å². The van der Waals surface area contributed by atoms with E-state index < -0.39 is 18.3 Å². The molecule has 0 amide bonds. The Morgan fingerprint density at radius 2 is 2.06 bits per heavy atom. The van der Waals surface area contributed by atoms with Gasteiger partial charge in [-0.05, 0) is 31.4 Å². The molecule has 0 bridgehead atoms. The fourth-order valence-electron chi connectivity index (χ4n) is 1.87. The number of pyridine rings is 1. The fourth-order valence-corrected chi connectivity index (χ4v) is 1.87. The number of aromatic nitrogens is 1. The number of aryl methyl sites for hydroxylation is 1. The molecule has 1 aromatic rings. The third kappa shape index (κ3) is 2.04. The minimum atomic E-state index is -4.43. The standard InChI is InChI=1S/C11H12F3NO/c1-6-4-8(5-16)9(11(12,13)14)10(15-6)7-2-3-7/h4,7,16H,2-3,5H2,1H3. The van der Waals surface area contributed by atoms with Gasteiger partial charge in [0.15, 0.2) is 0 Å². The zero-order valence-corrected chi connectivity index (χ0v) is 8.80. The van der Waals surface area contributed by atoms with Crippen LogP contribution in [0.2, 0.25) is 0 Å². The van der Waals surface area contributed by atoms with E-state index in [1.54, 1.807) is 6.92 Å². The smallest absolute Gasteiger partial charge is 0.392 e. The van der Waals surface area contributed by atoms with Crippen molar-refractivity contribution >= 4 is 0 Å². The highest BCUT2D eigenvalue weighted by atomic mass is 19.4. The van der Waals surface area contributed by atoms with E-state index in [4.69, 9.17) is 5.11 Å². The molecule has 0 saturated heterocycles. The Kier molecular flexibility index (Phi) is 2.66. The van der Waals surface area contributed by atoms with Crippen LogP contribution in [-0.2, 0) is 12.8 Å². The van der Waals surface area contributed by atoms with Gasteiger partial charge in [0.1, 0.15) is 0 Å². The summed E-state index contributed by atoms with van der Waals surface area (Å²) in [6.07, 6.45) is -2.93. The summed E-state index contributed by atoms with van der Waals surface area (Å²) in [5.41, 5.74) is -0.166. The lowest BCUT2D eigenvalue weighted by atomic mass is 10.0. The molecule has 0 unspecified atom stereocenters. The van der Waals surface area contributed by atoms with Crippen LogP contribution in [-0.4, -0.2) is 10.1 Å². The monoisotopic (exact) mass is 231 g/mol. The molecule has 0 spiro atoms. The predicted molar refractivity (Wildman–Crippen MR) is 51.9 cm³/mol. The number of halogens is 3. The van der Waals surface area contributed by atoms with Crippen LogP contribution in [0.3, 0.4) is 0 Å². The maximum Gasteiger partial charge on any atom is 0.418 e. The van der Waals surface area contributed by atoms with Crippen molar-refractivity contribution < 1.29 is 18.3 Å². The molecule has 16 heavy (non-hydrogen) atoms. The summed E-state index contributed by atoms with van der Waals surface area (Å²) in [5, 5.41) is 9.01. The lowest BCUT2D eigenvalue weighted by Gasteiger charge is -2.16. The van der Waals surface area contributed by atoms with Crippen LogP contribution in [0.15, 0.2) is 6.07 Å². The predicted octanol–water partition coefficient (Wildman–Crippen LogP) is 2.78. The van der Waals surface area contributed by atoms with E-state index >= 15 is 0 Å². The van der Waals surface area contributed by atoms with Gasteiger partial charge in [0.2, 0.25) is 0 Å². The minimum Gasteiger partial charge on any atom is -0.392 e. The van der Waals surface area contributed by atoms with Crippen molar-refractivity contribution in [1.82, 2.24) is 4.98 Å². The van der Waals surface area contributed by atoms with E-state index in [-0.39, 0.29) is 17.2 Å². The SMILES string of the molecule is Cc1cc(CO)c(C(F)(F)F)c(C2CC2)n1. The largest absolute Gasteiger partial charge is 0.418 e. The average molecular weight is 231 g/mol. The molecule has 1 aliphatic carbocycles. The second kappa shape index (κ2) is 3.73. The molecule has 1 heterocycles. The molecule has 1 fully saturated rings. The maximum atomic E-state index is 12.9. The van der Waals surface area contributed by atoms with Crippen molar-refractivity contribution in [2.45, 2.75) is 38.5 Å². The second-order valence-electron chi connectivity index (χ2n) is 4.11. The van der Waals surface area contributed by atoms with Crippen LogP contribution >= 0.6 is 0 Å². The zero-order chi connectivity index (χ0) is 11.9. The van der Waals surface area contributed by atoms with E-state index in [0.29, 0.717) is 5.69 Å². The van der Waals surface area contributed by atoms with Crippen molar-refractivity contribution in [2.24, 2.45) is 0 Å².